The molecule has 2 heterocycles. The highest BCUT2D eigenvalue weighted by Gasteiger charge is 2.18. The molecule has 9 aromatic carbocycles. The van der Waals surface area contributed by atoms with Crippen molar-refractivity contribution in [3.05, 3.63) is 176 Å². The Morgan fingerprint density at radius 2 is 0.824 bits per heavy atom. The number of furan rings is 2. The van der Waals surface area contributed by atoms with E-state index in [0.29, 0.717) is 0 Å². The van der Waals surface area contributed by atoms with Crippen molar-refractivity contribution < 1.29 is 8.83 Å². The molecule has 0 atom stereocenters. The first-order valence-electron chi connectivity index (χ1n) is 17.3. The summed E-state index contributed by atoms with van der Waals surface area (Å²) < 4.78 is 12.5. The zero-order valence-electron chi connectivity index (χ0n) is 27.5. The molecule has 3 heteroatoms. The molecule has 3 nitrogen and oxygen atoms in total. The summed E-state index contributed by atoms with van der Waals surface area (Å²) in [5, 5.41) is 12.1. The molecule has 11 aromatic rings. The Bertz CT molecular complexity index is 3150. The Morgan fingerprint density at radius 3 is 1.65 bits per heavy atom. The Labute approximate surface area is 293 Å². The molecule has 238 valence electrons. The van der Waals surface area contributed by atoms with Gasteiger partial charge in [-0.3, -0.25) is 0 Å². The van der Waals surface area contributed by atoms with Gasteiger partial charge in [0, 0.05) is 44.7 Å². The Hall–Kier alpha value is -6.84. The van der Waals surface area contributed by atoms with E-state index in [9.17, 15) is 0 Å². The zero-order valence-corrected chi connectivity index (χ0v) is 27.5. The summed E-state index contributed by atoms with van der Waals surface area (Å²) in [5.41, 5.74) is 9.00. The van der Waals surface area contributed by atoms with Gasteiger partial charge in [-0.2, -0.15) is 0 Å². The molecule has 0 aliphatic rings. The fraction of sp³-hybridized carbons (Fsp3) is 0. The molecule has 0 aliphatic carbocycles. The fourth-order valence-electron chi connectivity index (χ4n) is 7.97. The first kappa shape index (κ1) is 28.0. The number of nitrogens with zero attached hydrogens (tertiary/aromatic N) is 1. The van der Waals surface area contributed by atoms with Crippen molar-refractivity contribution in [1.82, 2.24) is 0 Å². The minimum Gasteiger partial charge on any atom is -0.456 e. The van der Waals surface area contributed by atoms with Crippen LogP contribution < -0.4 is 4.90 Å². The van der Waals surface area contributed by atoms with Gasteiger partial charge >= 0.3 is 0 Å². The van der Waals surface area contributed by atoms with E-state index < -0.39 is 0 Å². The van der Waals surface area contributed by atoms with Gasteiger partial charge < -0.3 is 13.7 Å². The smallest absolute Gasteiger partial charge is 0.137 e. The molecule has 0 bridgehead atoms. The average Bonchev–Trinajstić information content (AvgIpc) is 3.75. The molecule has 0 spiro atoms. The van der Waals surface area contributed by atoms with Crippen LogP contribution in [0.3, 0.4) is 0 Å². The number of rotatable bonds is 4. The van der Waals surface area contributed by atoms with Crippen LogP contribution in [-0.4, -0.2) is 0 Å². The molecule has 0 radical (unpaired) electrons. The highest BCUT2D eigenvalue weighted by molar-refractivity contribution is 6.20. The molecule has 0 fully saturated rings. The topological polar surface area (TPSA) is 29.5 Å². The predicted molar refractivity (Wildman–Crippen MR) is 214 cm³/mol. The van der Waals surface area contributed by atoms with E-state index in [1.165, 1.54) is 43.4 Å². The minimum absolute atomic E-state index is 0.863. The quantitative estimate of drug-likeness (QED) is 0.177. The number of anilines is 3. The molecule has 0 saturated heterocycles. The van der Waals surface area contributed by atoms with Crippen molar-refractivity contribution in [3.8, 4) is 11.1 Å². The van der Waals surface area contributed by atoms with Crippen molar-refractivity contribution in [1.29, 1.82) is 0 Å². The normalized spacial score (nSPS) is 11.9. The lowest BCUT2D eigenvalue weighted by Gasteiger charge is -2.26. The first-order valence-corrected chi connectivity index (χ1v) is 17.3. The van der Waals surface area contributed by atoms with Crippen LogP contribution in [0.2, 0.25) is 0 Å². The van der Waals surface area contributed by atoms with Crippen molar-refractivity contribution in [2.24, 2.45) is 0 Å². The van der Waals surface area contributed by atoms with Gasteiger partial charge in [0.25, 0.3) is 0 Å². The van der Waals surface area contributed by atoms with E-state index in [0.717, 1.165) is 60.9 Å². The van der Waals surface area contributed by atoms with Crippen LogP contribution in [0.1, 0.15) is 0 Å². The van der Waals surface area contributed by atoms with E-state index in [4.69, 9.17) is 8.83 Å². The molecule has 0 N–H and O–H groups in total. The van der Waals surface area contributed by atoms with Crippen LogP contribution >= 0.6 is 0 Å². The summed E-state index contributed by atoms with van der Waals surface area (Å²) in [7, 11) is 0. The van der Waals surface area contributed by atoms with Gasteiger partial charge in [0.2, 0.25) is 0 Å². The van der Waals surface area contributed by atoms with Gasteiger partial charge in [-0.05, 0) is 104 Å². The van der Waals surface area contributed by atoms with Crippen LogP contribution in [0, 0.1) is 0 Å². The van der Waals surface area contributed by atoms with E-state index >= 15 is 0 Å². The monoisotopic (exact) mass is 651 g/mol. The molecule has 51 heavy (non-hydrogen) atoms. The Balaban J connectivity index is 1.04. The van der Waals surface area contributed by atoms with Crippen molar-refractivity contribution in [2.75, 3.05) is 4.90 Å². The summed E-state index contributed by atoms with van der Waals surface area (Å²) in [4.78, 5) is 2.30. The third-order valence-electron chi connectivity index (χ3n) is 10.4. The second-order valence-electron chi connectivity index (χ2n) is 13.3. The lowest BCUT2D eigenvalue weighted by Crippen LogP contribution is -2.09. The van der Waals surface area contributed by atoms with E-state index in [2.05, 4.69) is 157 Å². The molecule has 0 saturated carbocycles. The third kappa shape index (κ3) is 4.38. The van der Waals surface area contributed by atoms with Gasteiger partial charge in [-0.1, -0.05) is 109 Å². The Kier molecular flexibility index (Phi) is 5.96. The SMILES string of the molecule is c1ccc2c(c1)ccc1ccc3cc(-c4ccc(N(c5ccc6c(c5)oc5ccccc56)c5ccc6oc7ccccc7c6c5)cc4)ccc3c12. The lowest BCUT2D eigenvalue weighted by molar-refractivity contribution is 0.668. The third-order valence-corrected chi connectivity index (χ3v) is 10.4. The largest absolute Gasteiger partial charge is 0.456 e. The number of benzene rings is 9. The summed E-state index contributed by atoms with van der Waals surface area (Å²) in [6.45, 7) is 0. The molecule has 0 amide bonds. The molecule has 2 aromatic heterocycles. The summed E-state index contributed by atoms with van der Waals surface area (Å²) in [5.74, 6) is 0. The molecular weight excluding hydrogens is 623 g/mol. The molecule has 11 rings (SSSR count). The summed E-state index contributed by atoms with van der Waals surface area (Å²) in [6.07, 6.45) is 0. The van der Waals surface area contributed by atoms with Crippen LogP contribution in [-0.2, 0) is 0 Å². The lowest BCUT2D eigenvalue weighted by atomic mass is 9.94. The van der Waals surface area contributed by atoms with Gasteiger partial charge in [0.1, 0.15) is 22.3 Å². The molecular formula is C48H29NO2. The second-order valence-corrected chi connectivity index (χ2v) is 13.3. The average molecular weight is 652 g/mol. The maximum Gasteiger partial charge on any atom is 0.137 e. The number of fused-ring (bicyclic) bond motifs is 11. The maximum atomic E-state index is 6.35. The van der Waals surface area contributed by atoms with Gasteiger partial charge in [-0.25, -0.2) is 0 Å². The van der Waals surface area contributed by atoms with Crippen molar-refractivity contribution in [3.63, 3.8) is 0 Å². The van der Waals surface area contributed by atoms with Gasteiger partial charge in [-0.15, -0.1) is 0 Å². The maximum absolute atomic E-state index is 6.35. The van der Waals surface area contributed by atoms with Crippen molar-refractivity contribution in [2.45, 2.75) is 0 Å². The van der Waals surface area contributed by atoms with Gasteiger partial charge in [0.15, 0.2) is 0 Å². The Morgan fingerprint density at radius 1 is 0.294 bits per heavy atom. The second kappa shape index (κ2) is 10.8. The van der Waals surface area contributed by atoms with Gasteiger partial charge in [0.05, 0.1) is 0 Å². The van der Waals surface area contributed by atoms with Crippen LogP contribution in [0.25, 0.3) is 87.3 Å². The van der Waals surface area contributed by atoms with Crippen LogP contribution in [0.4, 0.5) is 17.1 Å². The standard InChI is InChI=1S/C48H29NO2/c1-2-8-38-31(7-1)13-14-32-15-16-34-27-33(19-24-39(34)48(32)38)30-17-20-35(21-18-30)49(36-23-26-46-43(28-36)41-10-4-6-12-45(41)50-46)37-22-25-42-40-9-3-5-11-44(40)51-47(42)29-37/h1-29H. The highest BCUT2D eigenvalue weighted by atomic mass is 16.3. The molecule has 0 aliphatic heterocycles. The number of para-hydroxylation sites is 2. The fourth-order valence-corrected chi connectivity index (χ4v) is 7.97. The van der Waals surface area contributed by atoms with Crippen LogP contribution in [0.15, 0.2) is 185 Å². The summed E-state index contributed by atoms with van der Waals surface area (Å²) >= 11 is 0. The minimum atomic E-state index is 0.863. The van der Waals surface area contributed by atoms with E-state index in [1.807, 2.05) is 24.3 Å². The highest BCUT2D eigenvalue weighted by Crippen LogP contribution is 2.42. The molecule has 0 unspecified atom stereocenters. The summed E-state index contributed by atoms with van der Waals surface area (Å²) in [6, 6.07) is 62.7. The predicted octanol–water partition coefficient (Wildman–Crippen LogP) is 14.1. The first-order chi connectivity index (χ1) is 25.2. The van der Waals surface area contributed by atoms with E-state index in [-0.39, 0.29) is 0 Å². The number of hydrogen-bond acceptors (Lipinski definition) is 3. The van der Waals surface area contributed by atoms with E-state index in [1.54, 1.807) is 0 Å². The van der Waals surface area contributed by atoms with Crippen molar-refractivity contribution >= 4 is 93.3 Å². The number of hydrogen-bond donors (Lipinski definition) is 0. The zero-order chi connectivity index (χ0) is 33.5. The van der Waals surface area contributed by atoms with Crippen LogP contribution in [0.5, 0.6) is 0 Å².